The third-order valence-electron chi connectivity index (χ3n) is 6.08. The van der Waals surface area contributed by atoms with E-state index >= 15 is 0 Å². The van der Waals surface area contributed by atoms with Crippen LogP contribution in [0.5, 0.6) is 0 Å². The van der Waals surface area contributed by atoms with E-state index in [1.807, 2.05) is 25.2 Å². The summed E-state index contributed by atoms with van der Waals surface area (Å²) >= 11 is 0. The van der Waals surface area contributed by atoms with Crippen LogP contribution < -0.4 is 0 Å². The van der Waals surface area contributed by atoms with Crippen LogP contribution in [0.25, 0.3) is 0 Å². The first-order chi connectivity index (χ1) is 16.8. The largest absolute Gasteiger partial charge is 0.465 e. The second kappa shape index (κ2) is 13.6. The molecule has 0 aliphatic rings. The summed E-state index contributed by atoms with van der Waals surface area (Å²) in [4.78, 5) is 26.8. The number of hydrogen-bond donors (Lipinski definition) is 2. The van der Waals surface area contributed by atoms with Crippen LogP contribution in [-0.2, 0) is 39.3 Å². The molecular weight excluding hydrogens is 448 g/mol. The summed E-state index contributed by atoms with van der Waals surface area (Å²) in [6.07, 6.45) is 1.53. The maximum Gasteiger partial charge on any atom is 0.337 e. The number of aliphatic hydroxyl groups excluding tert-OH is 2. The van der Waals surface area contributed by atoms with Gasteiger partial charge in [0.05, 0.1) is 38.6 Å². The van der Waals surface area contributed by atoms with E-state index < -0.39 is 11.4 Å². The van der Waals surface area contributed by atoms with E-state index in [0.29, 0.717) is 35.2 Å². The van der Waals surface area contributed by atoms with Gasteiger partial charge in [0.1, 0.15) is 0 Å². The van der Waals surface area contributed by atoms with Crippen LogP contribution in [0, 0.1) is 11.3 Å². The van der Waals surface area contributed by atoms with Crippen LogP contribution in [0.3, 0.4) is 0 Å². The number of aliphatic hydroxyl groups is 2. The Morgan fingerprint density at radius 1 is 1.09 bits per heavy atom. The fourth-order valence-electron chi connectivity index (χ4n) is 4.00. The molecule has 0 heterocycles. The zero-order chi connectivity index (χ0) is 25.8. The van der Waals surface area contributed by atoms with Crippen molar-refractivity contribution in [2.45, 2.75) is 44.8 Å². The molecule has 2 aromatic carbocycles. The van der Waals surface area contributed by atoms with Crippen LogP contribution in [0.2, 0.25) is 0 Å². The Morgan fingerprint density at radius 2 is 1.83 bits per heavy atom. The Kier molecular flexibility index (Phi) is 10.9. The standard InChI is InChI=1S/C27H34N2O6/c1-4-35-26(33)27(19-28,24-10-9-22(17-30)23(16-24)18-31)12-6-13-29(2)14-11-20-7-5-8-21(15-20)25(32)34-3/h5,7-10,15-16,30-31H,4,6,11-14,17-18H2,1-3H3. The van der Waals surface area contributed by atoms with E-state index in [9.17, 15) is 25.1 Å². The lowest BCUT2D eigenvalue weighted by Gasteiger charge is -2.27. The smallest absolute Gasteiger partial charge is 0.337 e. The number of ether oxygens (including phenoxy) is 2. The number of nitrogens with zero attached hydrogens (tertiary/aromatic N) is 2. The SMILES string of the molecule is CCOC(=O)C(C#N)(CCCN(C)CCc1cccc(C(=O)OC)c1)c1ccc(CO)c(CO)c1. The van der Waals surface area contributed by atoms with E-state index in [4.69, 9.17) is 9.47 Å². The fourth-order valence-corrected chi connectivity index (χ4v) is 4.00. The van der Waals surface area contributed by atoms with Crippen molar-refractivity contribution >= 4 is 11.9 Å². The van der Waals surface area contributed by atoms with Crippen molar-refractivity contribution in [1.29, 1.82) is 5.26 Å². The molecule has 8 nitrogen and oxygen atoms in total. The van der Waals surface area contributed by atoms with Crippen LogP contribution in [0.15, 0.2) is 42.5 Å². The van der Waals surface area contributed by atoms with Gasteiger partial charge in [-0.3, -0.25) is 0 Å². The van der Waals surface area contributed by atoms with Gasteiger partial charge < -0.3 is 24.6 Å². The molecule has 0 aliphatic heterocycles. The van der Waals surface area contributed by atoms with Crippen molar-refractivity contribution in [2.24, 2.45) is 0 Å². The molecule has 0 bridgehead atoms. The van der Waals surface area contributed by atoms with Gasteiger partial charge in [-0.25, -0.2) is 9.59 Å². The summed E-state index contributed by atoms with van der Waals surface area (Å²) in [7, 11) is 3.31. The molecular formula is C27H34N2O6. The number of hydrogen-bond acceptors (Lipinski definition) is 8. The predicted octanol–water partition coefficient (Wildman–Crippen LogP) is 2.74. The average molecular weight is 483 g/mol. The first kappa shape index (κ1) is 28.0. The van der Waals surface area contributed by atoms with E-state index in [2.05, 4.69) is 11.0 Å². The molecule has 0 aromatic heterocycles. The summed E-state index contributed by atoms with van der Waals surface area (Å²) in [5.41, 5.74) is 1.47. The highest BCUT2D eigenvalue weighted by Crippen LogP contribution is 2.32. The molecule has 0 radical (unpaired) electrons. The summed E-state index contributed by atoms with van der Waals surface area (Å²) in [5, 5.41) is 29.3. The number of carbonyl (C=O) groups is 2. The number of nitriles is 1. The molecule has 35 heavy (non-hydrogen) atoms. The molecule has 0 saturated carbocycles. The molecule has 0 amide bonds. The van der Waals surface area contributed by atoms with Gasteiger partial charge in [0.15, 0.2) is 5.41 Å². The van der Waals surface area contributed by atoms with E-state index in [0.717, 1.165) is 18.5 Å². The number of esters is 2. The lowest BCUT2D eigenvalue weighted by Crippen LogP contribution is -2.37. The zero-order valence-electron chi connectivity index (χ0n) is 20.6. The minimum Gasteiger partial charge on any atom is -0.465 e. The Hall–Kier alpha value is -3.25. The van der Waals surface area contributed by atoms with Gasteiger partial charge in [0.25, 0.3) is 0 Å². The highest BCUT2D eigenvalue weighted by Gasteiger charge is 2.42. The number of methoxy groups -OCH3 is 1. The number of benzene rings is 2. The van der Waals surface area contributed by atoms with E-state index in [1.165, 1.54) is 7.11 Å². The minimum absolute atomic E-state index is 0.147. The summed E-state index contributed by atoms with van der Waals surface area (Å²) < 4.78 is 10.0. The van der Waals surface area contributed by atoms with Crippen molar-refractivity contribution < 1.29 is 29.3 Å². The Bertz CT molecular complexity index is 1050. The second-order valence-corrected chi connectivity index (χ2v) is 8.39. The zero-order valence-corrected chi connectivity index (χ0v) is 20.6. The molecule has 2 N–H and O–H groups in total. The highest BCUT2D eigenvalue weighted by molar-refractivity contribution is 5.89. The van der Waals surface area contributed by atoms with Crippen molar-refractivity contribution in [3.63, 3.8) is 0 Å². The molecule has 2 aromatic rings. The minimum atomic E-state index is -1.51. The lowest BCUT2D eigenvalue weighted by atomic mass is 9.77. The average Bonchev–Trinajstić information content (AvgIpc) is 2.89. The van der Waals surface area contributed by atoms with E-state index in [-0.39, 0.29) is 32.2 Å². The van der Waals surface area contributed by atoms with Crippen LogP contribution in [0.1, 0.15) is 52.4 Å². The second-order valence-electron chi connectivity index (χ2n) is 8.39. The first-order valence-corrected chi connectivity index (χ1v) is 11.6. The monoisotopic (exact) mass is 482 g/mol. The number of likely N-dealkylation sites (N-methyl/N-ethyl adjacent to an activating group) is 1. The third-order valence-corrected chi connectivity index (χ3v) is 6.08. The predicted molar refractivity (Wildman–Crippen MR) is 130 cm³/mol. The van der Waals surface area contributed by atoms with Gasteiger partial charge in [0.2, 0.25) is 0 Å². The van der Waals surface area contributed by atoms with Gasteiger partial charge >= 0.3 is 11.9 Å². The molecule has 1 atom stereocenters. The molecule has 0 aliphatic carbocycles. The topological polar surface area (TPSA) is 120 Å². The van der Waals surface area contributed by atoms with Crippen LogP contribution >= 0.6 is 0 Å². The van der Waals surface area contributed by atoms with Crippen molar-refractivity contribution in [3.05, 3.63) is 70.3 Å². The highest BCUT2D eigenvalue weighted by atomic mass is 16.5. The summed E-state index contributed by atoms with van der Waals surface area (Å²) in [6.45, 7) is 2.65. The first-order valence-electron chi connectivity index (χ1n) is 11.6. The quantitative estimate of drug-likeness (QED) is 0.418. The Morgan fingerprint density at radius 3 is 2.46 bits per heavy atom. The third kappa shape index (κ3) is 7.12. The molecule has 2 rings (SSSR count). The molecule has 1 unspecified atom stereocenters. The lowest BCUT2D eigenvalue weighted by molar-refractivity contribution is -0.148. The molecule has 0 fully saturated rings. The van der Waals surface area contributed by atoms with Gasteiger partial charge in [0, 0.05) is 6.54 Å². The number of carbonyl (C=O) groups excluding carboxylic acids is 2. The molecule has 0 spiro atoms. The van der Waals surface area contributed by atoms with Gasteiger partial charge in [-0.1, -0.05) is 30.3 Å². The van der Waals surface area contributed by atoms with Crippen molar-refractivity contribution in [3.8, 4) is 6.07 Å². The van der Waals surface area contributed by atoms with Gasteiger partial charge in [-0.05, 0) is 74.2 Å². The van der Waals surface area contributed by atoms with E-state index in [1.54, 1.807) is 31.2 Å². The Labute approximate surface area is 206 Å². The summed E-state index contributed by atoms with van der Waals surface area (Å²) in [6, 6.07) is 14.4. The van der Waals surface area contributed by atoms with Gasteiger partial charge in [-0.2, -0.15) is 5.26 Å². The molecule has 188 valence electrons. The van der Waals surface area contributed by atoms with Crippen molar-refractivity contribution in [1.82, 2.24) is 4.90 Å². The maximum absolute atomic E-state index is 12.9. The number of rotatable bonds is 13. The van der Waals surface area contributed by atoms with Crippen molar-refractivity contribution in [2.75, 3.05) is 33.9 Å². The molecule has 0 saturated heterocycles. The fraction of sp³-hybridized carbons (Fsp3) is 0.444. The summed E-state index contributed by atoms with van der Waals surface area (Å²) in [5.74, 6) is -0.992. The van der Waals surface area contributed by atoms with Crippen LogP contribution in [0.4, 0.5) is 0 Å². The van der Waals surface area contributed by atoms with Gasteiger partial charge in [-0.15, -0.1) is 0 Å². The normalized spacial score (nSPS) is 12.6. The maximum atomic E-state index is 12.9. The molecule has 8 heteroatoms. The van der Waals surface area contributed by atoms with Crippen LogP contribution in [-0.4, -0.2) is 60.9 Å². The Balaban J connectivity index is 2.10.